The summed E-state index contributed by atoms with van der Waals surface area (Å²) in [6.45, 7) is 5.89. The molecule has 0 aliphatic carbocycles. The third-order valence-electron chi connectivity index (χ3n) is 4.71. The Hall–Kier alpha value is -4.21. The zero-order valence-electron chi connectivity index (χ0n) is 21.2. The number of ether oxygens (including phenoxy) is 3. The van der Waals surface area contributed by atoms with E-state index in [-0.39, 0.29) is 18.8 Å². The van der Waals surface area contributed by atoms with Crippen molar-refractivity contribution in [2.45, 2.75) is 40.0 Å². The summed E-state index contributed by atoms with van der Waals surface area (Å²) in [4.78, 5) is 59.8. The minimum atomic E-state index is -0.706. The molecule has 2 rings (SSSR count). The summed E-state index contributed by atoms with van der Waals surface area (Å²) < 4.78 is 15.1. The van der Waals surface area contributed by atoms with E-state index in [1.54, 1.807) is 12.1 Å². The van der Waals surface area contributed by atoms with Crippen LogP contribution in [0, 0.1) is 5.92 Å². The highest BCUT2D eigenvalue weighted by Gasteiger charge is 2.13. The first kappa shape index (κ1) is 29.0. The first-order chi connectivity index (χ1) is 17.7. The molecule has 10 nitrogen and oxygen atoms in total. The Balaban J connectivity index is 1.68. The lowest BCUT2D eigenvalue weighted by Crippen LogP contribution is -2.21. The van der Waals surface area contributed by atoms with Crippen LogP contribution in [-0.2, 0) is 28.6 Å². The molecule has 0 spiro atoms. The van der Waals surface area contributed by atoms with Gasteiger partial charge in [0.1, 0.15) is 0 Å². The normalized spacial score (nSPS) is 10.4. The Morgan fingerprint density at radius 2 is 1.22 bits per heavy atom. The molecule has 0 radical (unpaired) electrons. The standard InChI is InChI=1S/C27H32N2O8/c1-4-15-35-26(33)19-5-11-22(12-6-19)29-24(31)17-36-25(32)14-13-23(30)28-21-9-7-20(8-10-21)27(34)37-16-18(2)3/h5-12,18H,4,13-17H2,1-3H3,(H,28,30)(H,29,31). The molecule has 0 heterocycles. The quantitative estimate of drug-likeness (QED) is 0.304. The maximum Gasteiger partial charge on any atom is 0.338 e. The van der Waals surface area contributed by atoms with E-state index in [1.807, 2.05) is 20.8 Å². The molecule has 2 aromatic carbocycles. The summed E-state index contributed by atoms with van der Waals surface area (Å²) in [7, 11) is 0. The van der Waals surface area contributed by atoms with Crippen LogP contribution in [0.4, 0.5) is 11.4 Å². The van der Waals surface area contributed by atoms with E-state index in [4.69, 9.17) is 14.2 Å². The number of carbonyl (C=O) groups is 5. The Morgan fingerprint density at radius 3 is 1.73 bits per heavy atom. The fourth-order valence-corrected chi connectivity index (χ4v) is 2.84. The van der Waals surface area contributed by atoms with Crippen LogP contribution in [0.3, 0.4) is 0 Å². The highest BCUT2D eigenvalue weighted by molar-refractivity contribution is 5.96. The van der Waals surface area contributed by atoms with Gasteiger partial charge in [-0.05, 0) is 60.9 Å². The van der Waals surface area contributed by atoms with Crippen molar-refractivity contribution in [3.8, 4) is 0 Å². The summed E-state index contributed by atoms with van der Waals surface area (Å²) in [5, 5.41) is 5.17. The third-order valence-corrected chi connectivity index (χ3v) is 4.71. The minimum absolute atomic E-state index is 0.145. The molecule has 0 bridgehead atoms. The summed E-state index contributed by atoms with van der Waals surface area (Å²) in [5.74, 6) is -2.35. The number of rotatable bonds is 13. The van der Waals surface area contributed by atoms with E-state index < -0.39 is 36.3 Å². The summed E-state index contributed by atoms with van der Waals surface area (Å²) in [6.07, 6.45) is 0.358. The van der Waals surface area contributed by atoms with Crippen molar-refractivity contribution in [3.63, 3.8) is 0 Å². The van der Waals surface area contributed by atoms with Gasteiger partial charge in [0.05, 0.1) is 30.8 Å². The highest BCUT2D eigenvalue weighted by atomic mass is 16.5. The fraction of sp³-hybridized carbons (Fsp3) is 0.370. The number of benzene rings is 2. The predicted octanol–water partition coefficient (Wildman–Crippen LogP) is 3.97. The van der Waals surface area contributed by atoms with Gasteiger partial charge >= 0.3 is 17.9 Å². The maximum absolute atomic E-state index is 12.1. The van der Waals surface area contributed by atoms with Crippen molar-refractivity contribution in [2.75, 3.05) is 30.5 Å². The van der Waals surface area contributed by atoms with Crippen molar-refractivity contribution >= 4 is 41.1 Å². The Bertz CT molecular complexity index is 1080. The van der Waals surface area contributed by atoms with Gasteiger partial charge in [-0.25, -0.2) is 9.59 Å². The van der Waals surface area contributed by atoms with Crippen LogP contribution in [0.5, 0.6) is 0 Å². The lowest BCUT2D eigenvalue weighted by atomic mass is 10.2. The van der Waals surface area contributed by atoms with Crippen LogP contribution >= 0.6 is 0 Å². The second-order valence-corrected chi connectivity index (χ2v) is 8.54. The number of amides is 2. The van der Waals surface area contributed by atoms with Gasteiger partial charge in [0.25, 0.3) is 5.91 Å². The van der Waals surface area contributed by atoms with E-state index in [1.165, 1.54) is 36.4 Å². The lowest BCUT2D eigenvalue weighted by molar-refractivity contribution is -0.147. The van der Waals surface area contributed by atoms with Gasteiger partial charge in [-0.2, -0.15) is 0 Å². The number of hydrogen-bond acceptors (Lipinski definition) is 8. The van der Waals surface area contributed by atoms with Crippen molar-refractivity contribution in [1.82, 2.24) is 0 Å². The second kappa shape index (κ2) is 15.0. The van der Waals surface area contributed by atoms with Crippen molar-refractivity contribution in [3.05, 3.63) is 59.7 Å². The zero-order valence-corrected chi connectivity index (χ0v) is 21.2. The molecule has 0 aliphatic rings. The Morgan fingerprint density at radius 1 is 0.703 bits per heavy atom. The second-order valence-electron chi connectivity index (χ2n) is 8.54. The van der Waals surface area contributed by atoms with E-state index in [9.17, 15) is 24.0 Å². The lowest BCUT2D eigenvalue weighted by Gasteiger charge is -2.09. The smallest absolute Gasteiger partial charge is 0.338 e. The molecule has 198 valence electrons. The summed E-state index contributed by atoms with van der Waals surface area (Å²) >= 11 is 0. The van der Waals surface area contributed by atoms with Crippen molar-refractivity contribution < 1.29 is 38.2 Å². The van der Waals surface area contributed by atoms with Crippen molar-refractivity contribution in [2.24, 2.45) is 5.92 Å². The average Bonchev–Trinajstić information content (AvgIpc) is 2.88. The van der Waals surface area contributed by atoms with E-state index in [2.05, 4.69) is 10.6 Å². The van der Waals surface area contributed by atoms with Crippen LogP contribution in [0.2, 0.25) is 0 Å². The van der Waals surface area contributed by atoms with Gasteiger partial charge in [0.15, 0.2) is 6.61 Å². The SMILES string of the molecule is CCCOC(=O)c1ccc(NC(=O)COC(=O)CCC(=O)Nc2ccc(C(=O)OCC(C)C)cc2)cc1. The first-order valence-corrected chi connectivity index (χ1v) is 12.0. The number of nitrogens with one attached hydrogen (secondary N) is 2. The minimum Gasteiger partial charge on any atom is -0.462 e. The van der Waals surface area contributed by atoms with Gasteiger partial charge < -0.3 is 24.8 Å². The number of carbonyl (C=O) groups excluding carboxylic acids is 5. The average molecular weight is 513 g/mol. The number of anilines is 2. The van der Waals surface area contributed by atoms with E-state index in [0.717, 1.165) is 6.42 Å². The molecule has 0 aromatic heterocycles. The fourth-order valence-electron chi connectivity index (χ4n) is 2.84. The molecular weight excluding hydrogens is 480 g/mol. The maximum atomic E-state index is 12.1. The van der Waals surface area contributed by atoms with Crippen LogP contribution in [0.25, 0.3) is 0 Å². The van der Waals surface area contributed by atoms with Gasteiger partial charge in [-0.15, -0.1) is 0 Å². The van der Waals surface area contributed by atoms with E-state index in [0.29, 0.717) is 35.7 Å². The van der Waals surface area contributed by atoms with Crippen molar-refractivity contribution in [1.29, 1.82) is 0 Å². The molecule has 2 amide bonds. The van der Waals surface area contributed by atoms with Crippen LogP contribution < -0.4 is 10.6 Å². The zero-order chi connectivity index (χ0) is 27.2. The van der Waals surface area contributed by atoms with Crippen LogP contribution in [0.1, 0.15) is 60.7 Å². The molecule has 0 fully saturated rings. The monoisotopic (exact) mass is 512 g/mol. The molecule has 0 unspecified atom stereocenters. The van der Waals surface area contributed by atoms with Gasteiger partial charge in [0, 0.05) is 17.8 Å². The molecule has 37 heavy (non-hydrogen) atoms. The summed E-state index contributed by atoms with van der Waals surface area (Å²) in [5.41, 5.74) is 1.61. The molecule has 0 saturated heterocycles. The predicted molar refractivity (Wildman–Crippen MR) is 136 cm³/mol. The Kier molecular flexibility index (Phi) is 11.8. The third kappa shape index (κ3) is 10.9. The topological polar surface area (TPSA) is 137 Å². The molecule has 2 N–H and O–H groups in total. The largest absolute Gasteiger partial charge is 0.462 e. The van der Waals surface area contributed by atoms with Gasteiger partial charge in [-0.1, -0.05) is 20.8 Å². The molecule has 2 aromatic rings. The number of hydrogen-bond donors (Lipinski definition) is 2. The molecule has 0 saturated carbocycles. The van der Waals surface area contributed by atoms with Crippen LogP contribution in [-0.4, -0.2) is 49.5 Å². The molecule has 0 atom stereocenters. The van der Waals surface area contributed by atoms with E-state index >= 15 is 0 Å². The molecule has 0 aliphatic heterocycles. The molecular formula is C27H32N2O8. The van der Waals surface area contributed by atoms with Crippen LogP contribution in [0.15, 0.2) is 48.5 Å². The van der Waals surface area contributed by atoms with Gasteiger partial charge in [0.2, 0.25) is 5.91 Å². The molecule has 10 heteroatoms. The summed E-state index contributed by atoms with van der Waals surface area (Å²) in [6, 6.07) is 12.3. The first-order valence-electron chi connectivity index (χ1n) is 12.0. The van der Waals surface area contributed by atoms with Gasteiger partial charge in [-0.3, -0.25) is 14.4 Å². The Labute approximate surface area is 215 Å². The number of esters is 3. The highest BCUT2D eigenvalue weighted by Crippen LogP contribution is 2.13.